The molecule has 1 fully saturated rings. The lowest BCUT2D eigenvalue weighted by Crippen LogP contribution is -2.46. The van der Waals surface area contributed by atoms with Gasteiger partial charge in [-0.15, -0.1) is 5.10 Å². The molecule has 5 nitrogen and oxygen atoms in total. The molecule has 1 aromatic heterocycles. The van der Waals surface area contributed by atoms with Crippen LogP contribution < -0.4 is 5.32 Å². The molecule has 2 aromatic rings. The normalized spacial score (nSPS) is 17.6. The van der Waals surface area contributed by atoms with Crippen molar-refractivity contribution in [2.24, 2.45) is 0 Å². The molecule has 22 heavy (non-hydrogen) atoms. The van der Waals surface area contributed by atoms with Crippen LogP contribution >= 0.6 is 0 Å². The number of benzene rings is 1. The van der Waals surface area contributed by atoms with E-state index in [1.807, 2.05) is 4.68 Å². The average Bonchev–Trinajstić information content (AvgIpc) is 2.97. The molecule has 0 radical (unpaired) electrons. The monoisotopic (exact) mass is 299 g/mol. The van der Waals surface area contributed by atoms with E-state index in [9.17, 15) is 0 Å². The molecule has 118 valence electrons. The summed E-state index contributed by atoms with van der Waals surface area (Å²) in [6.45, 7) is 7.31. The minimum atomic E-state index is -0.0891. The Morgan fingerprint density at radius 2 is 1.77 bits per heavy atom. The van der Waals surface area contributed by atoms with Crippen molar-refractivity contribution in [3.8, 4) is 5.69 Å². The van der Waals surface area contributed by atoms with Crippen molar-refractivity contribution in [3.63, 3.8) is 0 Å². The molecule has 0 bridgehead atoms. The maximum Gasteiger partial charge on any atom is 0.176 e. The molecule has 0 saturated heterocycles. The standard InChI is InChI=1S/C17H25N5/c1-4-18-17(8-6-5-7-9-17)16-19-20-21-22(16)15-11-13(2)10-14(3)12-15/h10-12,18H,4-9H2,1-3H3. The van der Waals surface area contributed by atoms with Crippen molar-refractivity contribution in [3.05, 3.63) is 35.2 Å². The van der Waals surface area contributed by atoms with Crippen LogP contribution in [-0.2, 0) is 5.54 Å². The highest BCUT2D eigenvalue weighted by Gasteiger charge is 2.38. The Morgan fingerprint density at radius 3 is 2.41 bits per heavy atom. The summed E-state index contributed by atoms with van der Waals surface area (Å²) in [5.74, 6) is 0.957. The molecule has 1 saturated carbocycles. The second-order valence-electron chi connectivity index (χ2n) is 6.43. The summed E-state index contributed by atoms with van der Waals surface area (Å²) in [5.41, 5.74) is 3.43. The minimum absolute atomic E-state index is 0.0891. The third-order valence-corrected chi connectivity index (χ3v) is 4.57. The summed E-state index contributed by atoms with van der Waals surface area (Å²) in [7, 11) is 0. The number of rotatable bonds is 4. The maximum atomic E-state index is 4.41. The lowest BCUT2D eigenvalue weighted by Gasteiger charge is -2.36. The molecule has 1 aromatic carbocycles. The van der Waals surface area contributed by atoms with Gasteiger partial charge in [0.1, 0.15) is 0 Å². The van der Waals surface area contributed by atoms with Crippen LogP contribution in [0.15, 0.2) is 18.2 Å². The molecule has 0 aliphatic heterocycles. The Kier molecular flexibility index (Phi) is 4.25. The highest BCUT2D eigenvalue weighted by molar-refractivity contribution is 5.39. The van der Waals surface area contributed by atoms with Gasteiger partial charge in [-0.1, -0.05) is 32.3 Å². The van der Waals surface area contributed by atoms with Crippen LogP contribution in [0, 0.1) is 13.8 Å². The minimum Gasteiger partial charge on any atom is -0.305 e. The van der Waals surface area contributed by atoms with E-state index in [-0.39, 0.29) is 5.54 Å². The predicted octanol–water partition coefficient (Wildman–Crippen LogP) is 3.05. The van der Waals surface area contributed by atoms with Gasteiger partial charge in [0, 0.05) is 0 Å². The van der Waals surface area contributed by atoms with Crippen LogP contribution in [0.2, 0.25) is 0 Å². The van der Waals surface area contributed by atoms with Crippen molar-refractivity contribution in [1.82, 2.24) is 25.5 Å². The number of nitrogens with zero attached hydrogens (tertiary/aromatic N) is 4. The second-order valence-corrected chi connectivity index (χ2v) is 6.43. The fourth-order valence-corrected chi connectivity index (χ4v) is 3.71. The van der Waals surface area contributed by atoms with Crippen molar-refractivity contribution < 1.29 is 0 Å². The Balaban J connectivity index is 2.06. The number of tetrazole rings is 1. The van der Waals surface area contributed by atoms with E-state index >= 15 is 0 Å². The predicted molar refractivity (Wildman–Crippen MR) is 87.1 cm³/mol. The van der Waals surface area contributed by atoms with E-state index in [1.54, 1.807) is 0 Å². The molecule has 1 N–H and O–H groups in total. The lowest BCUT2D eigenvalue weighted by atomic mass is 9.80. The van der Waals surface area contributed by atoms with Crippen molar-refractivity contribution >= 4 is 0 Å². The highest BCUT2D eigenvalue weighted by atomic mass is 15.6. The Morgan fingerprint density at radius 1 is 1.09 bits per heavy atom. The SMILES string of the molecule is CCNC1(c2nnnn2-c2cc(C)cc(C)c2)CCCCC1. The molecule has 1 aliphatic carbocycles. The Bertz CT molecular complexity index is 614. The molecular weight excluding hydrogens is 274 g/mol. The van der Waals surface area contributed by atoms with Crippen LogP contribution in [0.1, 0.15) is 56.0 Å². The molecular formula is C17H25N5. The zero-order valence-electron chi connectivity index (χ0n) is 13.8. The summed E-state index contributed by atoms with van der Waals surface area (Å²) >= 11 is 0. The van der Waals surface area contributed by atoms with Gasteiger partial charge < -0.3 is 5.32 Å². The number of hydrogen-bond acceptors (Lipinski definition) is 4. The first-order chi connectivity index (χ1) is 10.6. The van der Waals surface area contributed by atoms with Crippen LogP contribution in [-0.4, -0.2) is 26.8 Å². The summed E-state index contributed by atoms with van der Waals surface area (Å²) < 4.78 is 1.92. The molecule has 0 unspecified atom stereocenters. The van der Waals surface area contributed by atoms with E-state index in [2.05, 4.69) is 59.8 Å². The first-order valence-electron chi connectivity index (χ1n) is 8.27. The number of aromatic nitrogens is 4. The van der Waals surface area contributed by atoms with Gasteiger partial charge in [-0.2, -0.15) is 4.68 Å². The van der Waals surface area contributed by atoms with Crippen LogP contribution in [0.3, 0.4) is 0 Å². The van der Waals surface area contributed by atoms with Crippen molar-refractivity contribution in [2.75, 3.05) is 6.54 Å². The Labute approximate surface area is 132 Å². The molecule has 0 atom stereocenters. The zero-order chi connectivity index (χ0) is 15.6. The molecule has 1 heterocycles. The number of aryl methyl sites for hydroxylation is 2. The van der Waals surface area contributed by atoms with Gasteiger partial charge in [0.2, 0.25) is 0 Å². The van der Waals surface area contributed by atoms with Gasteiger partial charge in [0.25, 0.3) is 0 Å². The largest absolute Gasteiger partial charge is 0.305 e. The zero-order valence-corrected chi connectivity index (χ0v) is 13.8. The first kappa shape index (κ1) is 15.2. The van der Waals surface area contributed by atoms with Gasteiger partial charge in [-0.05, 0) is 66.9 Å². The molecule has 5 heteroatoms. The van der Waals surface area contributed by atoms with Crippen molar-refractivity contribution in [1.29, 1.82) is 0 Å². The molecule has 3 rings (SSSR count). The summed E-state index contributed by atoms with van der Waals surface area (Å²) in [5, 5.41) is 16.4. The van der Waals surface area contributed by atoms with Crippen LogP contribution in [0.4, 0.5) is 0 Å². The van der Waals surface area contributed by atoms with Crippen LogP contribution in [0.5, 0.6) is 0 Å². The van der Waals surface area contributed by atoms with E-state index in [0.29, 0.717) is 0 Å². The quantitative estimate of drug-likeness (QED) is 0.942. The van der Waals surface area contributed by atoms with Gasteiger partial charge >= 0.3 is 0 Å². The van der Waals surface area contributed by atoms with E-state index in [4.69, 9.17) is 0 Å². The third kappa shape index (κ3) is 2.77. The highest BCUT2D eigenvalue weighted by Crippen LogP contribution is 2.36. The number of nitrogens with one attached hydrogen (secondary N) is 1. The Hall–Kier alpha value is -1.75. The fraction of sp³-hybridized carbons (Fsp3) is 0.588. The average molecular weight is 299 g/mol. The van der Waals surface area contributed by atoms with Gasteiger partial charge in [-0.25, -0.2) is 0 Å². The second kappa shape index (κ2) is 6.16. The van der Waals surface area contributed by atoms with E-state index in [0.717, 1.165) is 30.9 Å². The van der Waals surface area contributed by atoms with E-state index < -0.39 is 0 Å². The fourth-order valence-electron chi connectivity index (χ4n) is 3.71. The van der Waals surface area contributed by atoms with Crippen molar-refractivity contribution in [2.45, 2.75) is 58.4 Å². The molecule has 1 aliphatic rings. The van der Waals surface area contributed by atoms with E-state index in [1.165, 1.54) is 30.4 Å². The molecule has 0 spiro atoms. The summed E-state index contributed by atoms with van der Waals surface area (Å²) in [6.07, 6.45) is 5.97. The van der Waals surface area contributed by atoms with Gasteiger partial charge in [0.15, 0.2) is 5.82 Å². The summed E-state index contributed by atoms with van der Waals surface area (Å²) in [4.78, 5) is 0. The number of hydrogen-bond donors (Lipinski definition) is 1. The smallest absolute Gasteiger partial charge is 0.176 e. The van der Waals surface area contributed by atoms with Crippen LogP contribution in [0.25, 0.3) is 5.69 Å². The summed E-state index contributed by atoms with van der Waals surface area (Å²) in [6, 6.07) is 6.47. The molecule has 0 amide bonds. The van der Waals surface area contributed by atoms with Gasteiger partial charge in [-0.3, -0.25) is 0 Å². The topological polar surface area (TPSA) is 55.6 Å². The first-order valence-corrected chi connectivity index (χ1v) is 8.27. The maximum absolute atomic E-state index is 4.41. The van der Waals surface area contributed by atoms with Gasteiger partial charge in [0.05, 0.1) is 11.2 Å². The third-order valence-electron chi connectivity index (χ3n) is 4.57. The lowest BCUT2D eigenvalue weighted by molar-refractivity contribution is 0.220.